The Morgan fingerprint density at radius 2 is 2.00 bits per heavy atom. The lowest BCUT2D eigenvalue weighted by Gasteiger charge is -2.39. The molecule has 0 N–H and O–H groups in total. The fourth-order valence-electron chi connectivity index (χ4n) is 3.04. The molecular formula is C18H24O2. The largest absolute Gasteiger partial charge is 0.456 e. The van der Waals surface area contributed by atoms with E-state index >= 15 is 0 Å². The molecule has 0 fully saturated rings. The quantitative estimate of drug-likeness (QED) is 0.607. The number of hydrogen-bond donors (Lipinski definition) is 0. The van der Waals surface area contributed by atoms with Crippen molar-refractivity contribution in [1.29, 1.82) is 0 Å². The summed E-state index contributed by atoms with van der Waals surface area (Å²) in [5.74, 6) is 0.560. The monoisotopic (exact) mass is 272 g/mol. The Hall–Kier alpha value is -1.57. The van der Waals surface area contributed by atoms with Gasteiger partial charge in [-0.15, -0.1) is 0 Å². The second-order valence-electron chi connectivity index (χ2n) is 6.51. The van der Waals surface area contributed by atoms with E-state index < -0.39 is 5.60 Å². The number of hydrogen-bond acceptors (Lipinski definition) is 2. The molecule has 0 saturated carbocycles. The van der Waals surface area contributed by atoms with E-state index in [0.717, 1.165) is 12.8 Å². The van der Waals surface area contributed by atoms with Crippen LogP contribution in [0.4, 0.5) is 0 Å². The normalized spacial score (nSPS) is 22.0. The topological polar surface area (TPSA) is 26.3 Å². The summed E-state index contributed by atoms with van der Waals surface area (Å²) in [6, 6.07) is 8.58. The molecule has 0 bridgehead atoms. The van der Waals surface area contributed by atoms with Crippen LogP contribution in [0, 0.1) is 5.92 Å². The van der Waals surface area contributed by atoms with Crippen LogP contribution in [0.1, 0.15) is 51.2 Å². The molecule has 2 atom stereocenters. The third kappa shape index (κ3) is 2.95. The van der Waals surface area contributed by atoms with Crippen molar-refractivity contribution in [2.75, 3.05) is 0 Å². The third-order valence-electron chi connectivity index (χ3n) is 4.38. The van der Waals surface area contributed by atoms with E-state index in [0.29, 0.717) is 17.4 Å². The number of carbonyl (C=O) groups excluding carboxylic acids is 1. The molecule has 0 spiro atoms. The number of rotatable bonds is 3. The Kier molecular flexibility index (Phi) is 4.03. The first-order valence-electron chi connectivity index (χ1n) is 7.28. The van der Waals surface area contributed by atoms with Crippen LogP contribution < -0.4 is 0 Å². The highest BCUT2D eigenvalue weighted by Crippen LogP contribution is 2.40. The van der Waals surface area contributed by atoms with Crippen molar-refractivity contribution >= 4 is 5.97 Å². The van der Waals surface area contributed by atoms with Crippen LogP contribution in [0.2, 0.25) is 0 Å². The summed E-state index contributed by atoms with van der Waals surface area (Å²) < 4.78 is 5.66. The van der Waals surface area contributed by atoms with E-state index in [1.165, 1.54) is 11.1 Å². The number of benzene rings is 1. The van der Waals surface area contributed by atoms with E-state index in [9.17, 15) is 4.79 Å². The van der Waals surface area contributed by atoms with Crippen molar-refractivity contribution in [3.05, 3.63) is 47.5 Å². The lowest BCUT2D eigenvalue weighted by Crippen LogP contribution is -2.40. The molecule has 0 heterocycles. The van der Waals surface area contributed by atoms with Gasteiger partial charge in [-0.3, -0.25) is 0 Å². The molecule has 0 aliphatic heterocycles. The molecule has 1 aliphatic carbocycles. The molecule has 108 valence electrons. The zero-order valence-corrected chi connectivity index (χ0v) is 12.9. The van der Waals surface area contributed by atoms with Gasteiger partial charge in [-0.2, -0.15) is 0 Å². The predicted molar refractivity (Wildman–Crippen MR) is 81.7 cm³/mol. The Morgan fingerprint density at radius 3 is 2.65 bits per heavy atom. The van der Waals surface area contributed by atoms with Crippen molar-refractivity contribution in [3.63, 3.8) is 0 Å². The summed E-state index contributed by atoms with van der Waals surface area (Å²) in [4.78, 5) is 11.8. The van der Waals surface area contributed by atoms with Gasteiger partial charge in [0.2, 0.25) is 0 Å². The summed E-state index contributed by atoms with van der Waals surface area (Å²) in [6.07, 6.45) is 2.02. The van der Waals surface area contributed by atoms with Gasteiger partial charge >= 0.3 is 5.97 Å². The average Bonchev–Trinajstić information content (AvgIpc) is 2.38. The fraction of sp³-hybridized carbons (Fsp3) is 0.500. The van der Waals surface area contributed by atoms with Crippen LogP contribution in [0.3, 0.4) is 0 Å². The molecule has 20 heavy (non-hydrogen) atoms. The van der Waals surface area contributed by atoms with Crippen molar-refractivity contribution in [2.24, 2.45) is 5.92 Å². The second kappa shape index (κ2) is 5.43. The van der Waals surface area contributed by atoms with Gasteiger partial charge in [-0.05, 0) is 50.7 Å². The van der Waals surface area contributed by atoms with Gasteiger partial charge < -0.3 is 4.74 Å². The molecule has 1 aromatic carbocycles. The minimum atomic E-state index is -0.460. The zero-order valence-electron chi connectivity index (χ0n) is 12.9. The molecule has 2 nitrogen and oxygen atoms in total. The van der Waals surface area contributed by atoms with E-state index in [2.05, 4.69) is 37.8 Å². The maximum Gasteiger partial charge on any atom is 0.333 e. The van der Waals surface area contributed by atoms with Crippen molar-refractivity contribution in [1.82, 2.24) is 0 Å². The smallest absolute Gasteiger partial charge is 0.333 e. The van der Waals surface area contributed by atoms with Crippen molar-refractivity contribution in [2.45, 2.75) is 52.1 Å². The molecular weight excluding hydrogens is 248 g/mol. The van der Waals surface area contributed by atoms with Crippen molar-refractivity contribution in [3.8, 4) is 0 Å². The SMILES string of the molecule is C=C(C)C(=O)OC(C)(C)C1Cc2ccccc2C(C)C1. The lowest BCUT2D eigenvalue weighted by molar-refractivity contribution is -0.157. The Balaban J connectivity index is 2.19. The average molecular weight is 272 g/mol. The first-order chi connectivity index (χ1) is 9.31. The van der Waals surface area contributed by atoms with Gasteiger partial charge in [0.15, 0.2) is 0 Å². The highest BCUT2D eigenvalue weighted by atomic mass is 16.6. The summed E-state index contributed by atoms with van der Waals surface area (Å²) in [5, 5.41) is 0. The highest BCUT2D eigenvalue weighted by Gasteiger charge is 2.37. The molecule has 2 unspecified atom stereocenters. The van der Waals surface area contributed by atoms with Gasteiger partial charge in [-0.25, -0.2) is 4.79 Å². The summed E-state index contributed by atoms with van der Waals surface area (Å²) in [6.45, 7) is 11.6. The van der Waals surface area contributed by atoms with Gasteiger partial charge in [0.25, 0.3) is 0 Å². The first kappa shape index (κ1) is 14.8. The Morgan fingerprint density at radius 1 is 1.35 bits per heavy atom. The second-order valence-corrected chi connectivity index (χ2v) is 6.51. The van der Waals surface area contributed by atoms with E-state index in [4.69, 9.17) is 4.74 Å². The highest BCUT2D eigenvalue weighted by molar-refractivity contribution is 5.87. The molecule has 0 aromatic heterocycles. The number of carbonyl (C=O) groups is 1. The van der Waals surface area contributed by atoms with Gasteiger partial charge in [0, 0.05) is 11.5 Å². The van der Waals surface area contributed by atoms with Crippen LogP contribution in [0.15, 0.2) is 36.4 Å². The molecule has 0 amide bonds. The number of esters is 1. The van der Waals surface area contributed by atoms with E-state index in [1.54, 1.807) is 6.92 Å². The standard InChI is InChI=1S/C18H24O2/c1-12(2)17(19)20-18(4,5)15-10-13(3)16-9-7-6-8-14(16)11-15/h6-9,13,15H,1,10-11H2,2-5H3. The van der Waals surface area contributed by atoms with Crippen molar-refractivity contribution < 1.29 is 9.53 Å². The van der Waals surface area contributed by atoms with Gasteiger partial charge in [0.05, 0.1) is 0 Å². The summed E-state index contributed by atoms with van der Waals surface area (Å²) >= 11 is 0. The van der Waals surface area contributed by atoms with Gasteiger partial charge in [-0.1, -0.05) is 37.8 Å². The molecule has 2 heteroatoms. The van der Waals surface area contributed by atoms with E-state index in [-0.39, 0.29) is 5.97 Å². The van der Waals surface area contributed by atoms with E-state index in [1.807, 2.05) is 13.8 Å². The minimum absolute atomic E-state index is 0.290. The van der Waals surface area contributed by atoms with Crippen LogP contribution in [0.25, 0.3) is 0 Å². The maximum absolute atomic E-state index is 11.8. The molecule has 1 aromatic rings. The summed E-state index contributed by atoms with van der Waals surface area (Å²) in [7, 11) is 0. The predicted octanol–water partition coefficient (Wildman–Crippen LogP) is 4.25. The molecule has 0 radical (unpaired) electrons. The first-order valence-corrected chi connectivity index (χ1v) is 7.28. The van der Waals surface area contributed by atoms with Crippen LogP contribution >= 0.6 is 0 Å². The number of ether oxygens (including phenoxy) is 1. The molecule has 1 aliphatic rings. The Labute approximate surface area is 121 Å². The fourth-order valence-corrected chi connectivity index (χ4v) is 3.04. The van der Waals surface area contributed by atoms with Crippen LogP contribution in [-0.2, 0) is 16.0 Å². The maximum atomic E-state index is 11.8. The van der Waals surface area contributed by atoms with Crippen LogP contribution in [0.5, 0.6) is 0 Å². The Bertz CT molecular complexity index is 528. The zero-order chi connectivity index (χ0) is 14.9. The number of fused-ring (bicyclic) bond motifs is 1. The minimum Gasteiger partial charge on any atom is -0.456 e. The third-order valence-corrected chi connectivity index (χ3v) is 4.38. The molecule has 2 rings (SSSR count). The summed E-state index contributed by atoms with van der Waals surface area (Å²) in [5.41, 5.74) is 2.82. The lowest BCUT2D eigenvalue weighted by atomic mass is 9.71. The van der Waals surface area contributed by atoms with Crippen LogP contribution in [-0.4, -0.2) is 11.6 Å². The van der Waals surface area contributed by atoms with Gasteiger partial charge in [0.1, 0.15) is 5.60 Å². The molecule has 0 saturated heterocycles.